The summed E-state index contributed by atoms with van der Waals surface area (Å²) in [6.45, 7) is 14.4. The third-order valence-electron chi connectivity index (χ3n) is 1.25. The Balaban J connectivity index is 4.93. The minimum absolute atomic E-state index is 0.750. The number of nitrogens with zero attached hydrogens (tertiary/aromatic N) is 1. The fraction of sp³-hybridized carbons (Fsp3) is 0. The smallest absolute Gasteiger partial charge is 0.0695 e. The Kier molecular flexibility index (Phi) is 5.28. The average Bonchev–Trinajstić information content (AvgIpc) is 2.12. The summed E-state index contributed by atoms with van der Waals surface area (Å²) in [5.41, 5.74) is 1.61. The van der Waals surface area contributed by atoms with Crippen molar-refractivity contribution in [1.82, 2.24) is 0 Å². The molecule has 0 heterocycles. The number of hydrogen-bond acceptors (Lipinski definition) is 1. The molecule has 0 aliphatic carbocycles. The molecule has 0 unspecified atom stereocenters. The molecule has 0 aliphatic heterocycles. The van der Waals surface area contributed by atoms with Gasteiger partial charge in [0.2, 0.25) is 0 Å². The van der Waals surface area contributed by atoms with Crippen molar-refractivity contribution in [2.24, 2.45) is 4.99 Å². The van der Waals surface area contributed by atoms with Gasteiger partial charge < -0.3 is 0 Å². The lowest BCUT2D eigenvalue weighted by atomic mass is 10.2. The van der Waals surface area contributed by atoms with Crippen LogP contribution >= 0.6 is 0 Å². The fourth-order valence-corrected chi connectivity index (χ4v) is 0.671. The Bertz CT molecular complexity index is 244. The number of hydrogen-bond donors (Lipinski definition) is 0. The van der Waals surface area contributed by atoms with Gasteiger partial charge in [0.1, 0.15) is 0 Å². The summed E-state index contributed by atoms with van der Waals surface area (Å²) >= 11 is 0. The molecule has 0 fully saturated rings. The van der Waals surface area contributed by atoms with Crippen LogP contribution in [0.5, 0.6) is 0 Å². The zero-order valence-corrected chi connectivity index (χ0v) is 7.16. The van der Waals surface area contributed by atoms with Crippen LogP contribution in [0.1, 0.15) is 0 Å². The van der Waals surface area contributed by atoms with Gasteiger partial charge in [0.25, 0.3) is 0 Å². The van der Waals surface area contributed by atoms with Gasteiger partial charge in [0.05, 0.1) is 5.70 Å². The van der Waals surface area contributed by atoms with E-state index in [4.69, 9.17) is 0 Å². The molecule has 0 amide bonds. The predicted octanol–water partition coefficient (Wildman–Crippen LogP) is 3.06. The van der Waals surface area contributed by atoms with E-state index in [2.05, 4.69) is 31.3 Å². The molecule has 0 spiro atoms. The van der Waals surface area contributed by atoms with Crippen LogP contribution in [0.15, 0.2) is 66.9 Å². The van der Waals surface area contributed by atoms with Crippen molar-refractivity contribution in [3.05, 3.63) is 61.9 Å². The zero-order valence-electron chi connectivity index (χ0n) is 7.16. The highest BCUT2D eigenvalue weighted by atomic mass is 14.7. The summed E-state index contributed by atoms with van der Waals surface area (Å²) in [5, 5.41) is 0. The number of allylic oxidation sites excluding steroid dienone is 5. The molecule has 0 bridgehead atoms. The van der Waals surface area contributed by atoms with Gasteiger partial charge >= 0.3 is 0 Å². The largest absolute Gasteiger partial charge is 0.256 e. The van der Waals surface area contributed by atoms with E-state index in [0.717, 1.165) is 11.3 Å². The zero-order chi connectivity index (χ0) is 9.40. The van der Waals surface area contributed by atoms with Gasteiger partial charge in [-0.05, 0) is 11.6 Å². The van der Waals surface area contributed by atoms with Crippen molar-refractivity contribution in [3.8, 4) is 0 Å². The second-order valence-corrected chi connectivity index (χ2v) is 1.97. The molecule has 1 heteroatoms. The lowest BCUT2D eigenvalue weighted by Crippen LogP contribution is -1.79. The van der Waals surface area contributed by atoms with Crippen LogP contribution < -0.4 is 0 Å². The van der Waals surface area contributed by atoms with Gasteiger partial charge in [-0.3, -0.25) is 4.99 Å². The van der Waals surface area contributed by atoms with Gasteiger partial charge in [-0.25, -0.2) is 0 Å². The number of aliphatic imine (C=N–C) groups is 1. The molecule has 0 aromatic rings. The summed E-state index contributed by atoms with van der Waals surface area (Å²) in [5.74, 6) is 0. The van der Waals surface area contributed by atoms with Crippen molar-refractivity contribution in [1.29, 1.82) is 0 Å². The molecule has 0 radical (unpaired) electrons. The summed E-state index contributed by atoms with van der Waals surface area (Å²) in [6.07, 6.45) is 8.23. The first-order valence-corrected chi connectivity index (χ1v) is 3.56. The van der Waals surface area contributed by atoms with Crippen LogP contribution in [0, 0.1) is 0 Å². The van der Waals surface area contributed by atoms with Gasteiger partial charge in [0, 0.05) is 6.21 Å². The van der Waals surface area contributed by atoms with Gasteiger partial charge in [-0.2, -0.15) is 0 Å². The van der Waals surface area contributed by atoms with Crippen molar-refractivity contribution in [3.63, 3.8) is 0 Å². The number of rotatable bonds is 5. The Morgan fingerprint density at radius 3 is 1.83 bits per heavy atom. The second-order valence-electron chi connectivity index (χ2n) is 1.97. The maximum atomic E-state index is 4.08. The van der Waals surface area contributed by atoms with E-state index in [1.54, 1.807) is 30.5 Å². The first-order chi connectivity index (χ1) is 5.79. The monoisotopic (exact) mass is 159 g/mol. The molecule has 1 nitrogen and oxygen atoms in total. The summed E-state index contributed by atoms with van der Waals surface area (Å²) < 4.78 is 0. The minimum Gasteiger partial charge on any atom is -0.256 e. The Morgan fingerprint density at radius 2 is 1.50 bits per heavy atom. The molecule has 0 rings (SSSR count). The topological polar surface area (TPSA) is 12.4 Å². The van der Waals surface area contributed by atoms with E-state index in [1.807, 2.05) is 0 Å². The van der Waals surface area contributed by atoms with Gasteiger partial charge in [-0.15, -0.1) is 0 Å². The highest BCUT2D eigenvalue weighted by Gasteiger charge is 1.91. The Morgan fingerprint density at radius 1 is 0.917 bits per heavy atom. The first-order valence-electron chi connectivity index (χ1n) is 3.56. The minimum atomic E-state index is 0.750. The average molecular weight is 159 g/mol. The molecule has 12 heavy (non-hydrogen) atoms. The standard InChI is InChI=1S/C11H13N/c1-5-9-12-11(8-4)10(6-2)7-3/h5-9H,1-4H2/b12-9-. The molecule has 0 aromatic heterocycles. The molecule has 62 valence electrons. The summed E-state index contributed by atoms with van der Waals surface area (Å²) in [6, 6.07) is 0. The SMILES string of the molecule is C=C/C=N\C(C=C)=C(C=C)C=C. The van der Waals surface area contributed by atoms with Crippen LogP contribution in [0.3, 0.4) is 0 Å². The highest BCUT2D eigenvalue weighted by molar-refractivity contribution is 5.72. The van der Waals surface area contributed by atoms with Crippen LogP contribution in [0.4, 0.5) is 0 Å². The second kappa shape index (κ2) is 6.10. The quantitative estimate of drug-likeness (QED) is 0.432. The lowest BCUT2D eigenvalue weighted by molar-refractivity contribution is 1.39. The highest BCUT2D eigenvalue weighted by Crippen LogP contribution is 2.08. The molecular formula is C11H13N. The van der Waals surface area contributed by atoms with E-state index in [1.165, 1.54) is 0 Å². The maximum absolute atomic E-state index is 4.08. The van der Waals surface area contributed by atoms with Crippen molar-refractivity contribution >= 4 is 6.21 Å². The van der Waals surface area contributed by atoms with Crippen molar-refractivity contribution in [2.75, 3.05) is 0 Å². The van der Waals surface area contributed by atoms with E-state index >= 15 is 0 Å². The van der Waals surface area contributed by atoms with E-state index in [-0.39, 0.29) is 0 Å². The van der Waals surface area contributed by atoms with E-state index < -0.39 is 0 Å². The molecule has 0 aliphatic rings. The lowest BCUT2D eigenvalue weighted by Gasteiger charge is -1.96. The molecule has 0 saturated carbocycles. The van der Waals surface area contributed by atoms with Gasteiger partial charge in [0.15, 0.2) is 0 Å². The van der Waals surface area contributed by atoms with Crippen LogP contribution in [-0.4, -0.2) is 6.21 Å². The third kappa shape index (κ3) is 2.97. The molecule has 0 aromatic carbocycles. The van der Waals surface area contributed by atoms with Crippen LogP contribution in [0.2, 0.25) is 0 Å². The fourth-order valence-electron chi connectivity index (χ4n) is 0.671. The Hall–Kier alpha value is -1.63. The normalized spacial score (nSPS) is 9.00. The van der Waals surface area contributed by atoms with Crippen LogP contribution in [0.25, 0.3) is 0 Å². The van der Waals surface area contributed by atoms with E-state index in [0.29, 0.717) is 0 Å². The van der Waals surface area contributed by atoms with Crippen LogP contribution in [-0.2, 0) is 0 Å². The van der Waals surface area contributed by atoms with Gasteiger partial charge in [-0.1, -0.05) is 44.5 Å². The molecule has 0 N–H and O–H groups in total. The molecular weight excluding hydrogens is 146 g/mol. The molecule has 0 atom stereocenters. The predicted molar refractivity (Wildman–Crippen MR) is 56.3 cm³/mol. The first kappa shape index (κ1) is 10.4. The summed E-state index contributed by atoms with van der Waals surface area (Å²) in [7, 11) is 0. The molecule has 0 saturated heterocycles. The Labute approximate surface area is 73.8 Å². The van der Waals surface area contributed by atoms with Crippen molar-refractivity contribution in [2.45, 2.75) is 0 Å². The van der Waals surface area contributed by atoms with Crippen molar-refractivity contribution < 1.29 is 0 Å². The van der Waals surface area contributed by atoms with E-state index in [9.17, 15) is 0 Å². The third-order valence-corrected chi connectivity index (χ3v) is 1.25. The summed E-state index contributed by atoms with van der Waals surface area (Å²) in [4.78, 5) is 4.08. The maximum Gasteiger partial charge on any atom is 0.0695 e.